The molecule has 0 aromatic carbocycles. The van der Waals surface area contributed by atoms with Crippen LogP contribution in [0.15, 0.2) is 0 Å². The Morgan fingerprint density at radius 2 is 2.30 bits per heavy atom. The fourth-order valence-electron chi connectivity index (χ4n) is 0.562. The van der Waals surface area contributed by atoms with Crippen molar-refractivity contribution in [1.82, 2.24) is 0 Å². The van der Waals surface area contributed by atoms with Gasteiger partial charge in [0.2, 0.25) is 0 Å². The number of methoxy groups -OCH3 is 1. The Bertz CT molecular complexity index is 120. The highest BCUT2D eigenvalue weighted by molar-refractivity contribution is 5.79. The molecule has 0 aromatic heterocycles. The van der Waals surface area contributed by atoms with Crippen LogP contribution >= 0.6 is 0 Å². The van der Waals surface area contributed by atoms with Gasteiger partial charge < -0.3 is 15.6 Å². The largest absolute Gasteiger partial charge is 0.467 e. The Morgan fingerprint density at radius 1 is 1.80 bits per heavy atom. The summed E-state index contributed by atoms with van der Waals surface area (Å²) in [6.07, 6.45) is 0.274. The van der Waals surface area contributed by atoms with E-state index in [2.05, 4.69) is 4.74 Å². The van der Waals surface area contributed by atoms with Crippen molar-refractivity contribution in [2.45, 2.75) is 18.9 Å². The average Bonchev–Trinajstić information content (AvgIpc) is 2.01. The van der Waals surface area contributed by atoms with E-state index >= 15 is 0 Å². The normalized spacial score (nSPS) is 16.0. The zero-order valence-corrected chi connectivity index (χ0v) is 6.26. The molecule has 0 aliphatic heterocycles. The van der Waals surface area contributed by atoms with Crippen molar-refractivity contribution >= 4 is 5.97 Å². The number of carbonyl (C=O) groups excluding carboxylic acids is 1. The first-order valence-electron chi connectivity index (χ1n) is 3.11. The van der Waals surface area contributed by atoms with E-state index in [1.165, 1.54) is 7.11 Å². The van der Waals surface area contributed by atoms with Crippen LogP contribution in [0.4, 0.5) is 0 Å². The van der Waals surface area contributed by atoms with Crippen molar-refractivity contribution in [1.29, 1.82) is 0 Å². The van der Waals surface area contributed by atoms with Crippen LogP contribution in [0.25, 0.3) is 0 Å². The molecule has 0 radical (unpaired) electrons. The number of rotatable bonds is 3. The standard InChI is InChI=1S/C6H13NO3/c1-3-6(9,4-7)5(8)10-2/h9H,3-4,7H2,1-2H3. The summed E-state index contributed by atoms with van der Waals surface area (Å²) in [4.78, 5) is 10.7. The van der Waals surface area contributed by atoms with E-state index in [0.29, 0.717) is 0 Å². The summed E-state index contributed by atoms with van der Waals surface area (Å²) in [7, 11) is 1.22. The number of esters is 1. The van der Waals surface area contributed by atoms with Crippen molar-refractivity contribution < 1.29 is 14.6 Å². The van der Waals surface area contributed by atoms with Gasteiger partial charge in [0.1, 0.15) is 0 Å². The van der Waals surface area contributed by atoms with E-state index in [0.717, 1.165) is 0 Å². The van der Waals surface area contributed by atoms with Crippen LogP contribution in [0.1, 0.15) is 13.3 Å². The minimum absolute atomic E-state index is 0.101. The van der Waals surface area contributed by atoms with Crippen LogP contribution < -0.4 is 5.73 Å². The van der Waals surface area contributed by atoms with Gasteiger partial charge in [0.25, 0.3) is 0 Å². The van der Waals surface area contributed by atoms with E-state index in [1.807, 2.05) is 0 Å². The van der Waals surface area contributed by atoms with Crippen LogP contribution in [-0.2, 0) is 9.53 Å². The zero-order chi connectivity index (χ0) is 8.20. The fourth-order valence-corrected chi connectivity index (χ4v) is 0.562. The Balaban J connectivity index is 4.17. The van der Waals surface area contributed by atoms with Gasteiger partial charge in [-0.3, -0.25) is 0 Å². The molecule has 0 rings (SSSR count). The predicted molar refractivity (Wildman–Crippen MR) is 36.3 cm³/mol. The van der Waals surface area contributed by atoms with E-state index in [-0.39, 0.29) is 13.0 Å². The Labute approximate surface area is 60.0 Å². The molecule has 0 aromatic rings. The summed E-state index contributed by atoms with van der Waals surface area (Å²) in [5.41, 5.74) is 3.65. The van der Waals surface area contributed by atoms with Crippen molar-refractivity contribution in [3.63, 3.8) is 0 Å². The van der Waals surface area contributed by atoms with Crippen LogP contribution in [-0.4, -0.2) is 30.3 Å². The number of hydrogen-bond acceptors (Lipinski definition) is 4. The van der Waals surface area contributed by atoms with E-state index < -0.39 is 11.6 Å². The zero-order valence-electron chi connectivity index (χ0n) is 6.26. The fraction of sp³-hybridized carbons (Fsp3) is 0.833. The molecule has 4 heteroatoms. The molecule has 60 valence electrons. The molecule has 4 nitrogen and oxygen atoms in total. The van der Waals surface area contributed by atoms with Gasteiger partial charge in [-0.2, -0.15) is 0 Å². The van der Waals surface area contributed by atoms with Crippen molar-refractivity contribution in [3.05, 3.63) is 0 Å². The van der Waals surface area contributed by atoms with Crippen molar-refractivity contribution in [3.8, 4) is 0 Å². The smallest absolute Gasteiger partial charge is 0.339 e. The first-order chi connectivity index (χ1) is 4.60. The predicted octanol–water partition coefficient (Wildman–Crippen LogP) is -0.741. The number of nitrogens with two attached hydrogens (primary N) is 1. The molecule has 10 heavy (non-hydrogen) atoms. The molecule has 1 unspecified atom stereocenters. The monoisotopic (exact) mass is 147 g/mol. The average molecular weight is 147 g/mol. The Kier molecular flexibility index (Phi) is 3.32. The summed E-state index contributed by atoms with van der Waals surface area (Å²) in [6, 6.07) is 0. The highest BCUT2D eigenvalue weighted by Gasteiger charge is 2.33. The number of ether oxygens (including phenoxy) is 1. The second-order valence-electron chi connectivity index (χ2n) is 2.08. The molecule has 0 fully saturated rings. The van der Waals surface area contributed by atoms with Gasteiger partial charge >= 0.3 is 5.97 Å². The van der Waals surface area contributed by atoms with Gasteiger partial charge in [-0.15, -0.1) is 0 Å². The molecule has 0 heterocycles. The van der Waals surface area contributed by atoms with Crippen molar-refractivity contribution in [2.24, 2.45) is 5.73 Å². The third-order valence-corrected chi connectivity index (χ3v) is 1.49. The van der Waals surface area contributed by atoms with Gasteiger partial charge in [0.15, 0.2) is 5.60 Å². The lowest BCUT2D eigenvalue weighted by Gasteiger charge is -2.20. The molecule has 0 saturated carbocycles. The quantitative estimate of drug-likeness (QED) is 0.516. The lowest BCUT2D eigenvalue weighted by molar-refractivity contribution is -0.161. The molecule has 1 atom stereocenters. The van der Waals surface area contributed by atoms with Crippen LogP contribution in [0.2, 0.25) is 0 Å². The molecule has 0 spiro atoms. The first-order valence-corrected chi connectivity index (χ1v) is 3.11. The highest BCUT2D eigenvalue weighted by atomic mass is 16.5. The van der Waals surface area contributed by atoms with E-state index in [1.54, 1.807) is 6.92 Å². The minimum Gasteiger partial charge on any atom is -0.467 e. The summed E-state index contributed by atoms with van der Waals surface area (Å²) in [5.74, 6) is -0.669. The second kappa shape index (κ2) is 3.53. The van der Waals surface area contributed by atoms with Gasteiger partial charge in [-0.25, -0.2) is 4.79 Å². The molecule has 0 aliphatic rings. The molecular weight excluding hydrogens is 134 g/mol. The molecule has 0 bridgehead atoms. The van der Waals surface area contributed by atoms with Gasteiger partial charge in [0.05, 0.1) is 7.11 Å². The van der Waals surface area contributed by atoms with Gasteiger partial charge in [0, 0.05) is 6.54 Å². The number of carbonyl (C=O) groups is 1. The summed E-state index contributed by atoms with van der Waals surface area (Å²) >= 11 is 0. The molecular formula is C6H13NO3. The maximum atomic E-state index is 10.7. The van der Waals surface area contributed by atoms with Crippen LogP contribution in [0.3, 0.4) is 0 Å². The third kappa shape index (κ3) is 1.68. The van der Waals surface area contributed by atoms with Crippen molar-refractivity contribution in [2.75, 3.05) is 13.7 Å². The van der Waals surface area contributed by atoms with E-state index in [4.69, 9.17) is 5.73 Å². The summed E-state index contributed by atoms with van der Waals surface area (Å²) < 4.78 is 4.33. The second-order valence-corrected chi connectivity index (χ2v) is 2.08. The SMILES string of the molecule is CCC(O)(CN)C(=O)OC. The Morgan fingerprint density at radius 3 is 2.40 bits per heavy atom. The number of aliphatic hydroxyl groups is 1. The maximum Gasteiger partial charge on any atom is 0.339 e. The Hall–Kier alpha value is -0.610. The molecule has 3 N–H and O–H groups in total. The molecule has 0 aliphatic carbocycles. The molecule has 0 saturated heterocycles. The summed E-state index contributed by atoms with van der Waals surface area (Å²) in [6.45, 7) is 1.57. The van der Waals surface area contributed by atoms with Gasteiger partial charge in [-0.05, 0) is 6.42 Å². The minimum atomic E-state index is -1.49. The van der Waals surface area contributed by atoms with Crippen LogP contribution in [0, 0.1) is 0 Å². The van der Waals surface area contributed by atoms with E-state index in [9.17, 15) is 9.90 Å². The van der Waals surface area contributed by atoms with Crippen LogP contribution in [0.5, 0.6) is 0 Å². The van der Waals surface area contributed by atoms with Gasteiger partial charge in [-0.1, -0.05) is 6.92 Å². The summed E-state index contributed by atoms with van der Waals surface area (Å²) in [5, 5.41) is 9.30. The lowest BCUT2D eigenvalue weighted by atomic mass is 10.0. The third-order valence-electron chi connectivity index (χ3n) is 1.49. The molecule has 0 amide bonds. The highest BCUT2D eigenvalue weighted by Crippen LogP contribution is 2.08. The maximum absolute atomic E-state index is 10.7. The topological polar surface area (TPSA) is 72.5 Å². The lowest BCUT2D eigenvalue weighted by Crippen LogP contribution is -2.45. The first kappa shape index (κ1) is 9.39. The number of hydrogen-bond donors (Lipinski definition) is 2.